The lowest BCUT2D eigenvalue weighted by molar-refractivity contribution is 0.228. The van der Waals surface area contributed by atoms with Crippen molar-refractivity contribution in [1.29, 1.82) is 0 Å². The summed E-state index contributed by atoms with van der Waals surface area (Å²) in [7, 11) is 0. The summed E-state index contributed by atoms with van der Waals surface area (Å²) in [5, 5.41) is 10.1. The van der Waals surface area contributed by atoms with Crippen LogP contribution < -0.4 is 9.47 Å². The van der Waals surface area contributed by atoms with E-state index in [0.717, 1.165) is 72.3 Å². The Morgan fingerprint density at radius 2 is 1.89 bits per heavy atom. The zero-order chi connectivity index (χ0) is 25.9. The lowest BCUT2D eigenvalue weighted by Crippen LogP contribution is -2.26. The number of phenols is 1. The van der Waals surface area contributed by atoms with Gasteiger partial charge in [-0.3, -0.25) is 9.29 Å². The van der Waals surface area contributed by atoms with E-state index in [2.05, 4.69) is 24.0 Å². The Balaban J connectivity index is 1.40. The van der Waals surface area contributed by atoms with Gasteiger partial charge < -0.3 is 14.6 Å². The fraction of sp³-hybridized carbons (Fsp3) is 0.355. The van der Waals surface area contributed by atoms with Crippen molar-refractivity contribution in [3.05, 3.63) is 88.7 Å². The minimum atomic E-state index is -0.498. The number of benzene rings is 3. The van der Waals surface area contributed by atoms with Crippen LogP contribution in [0.3, 0.4) is 0 Å². The molecule has 6 heteroatoms. The van der Waals surface area contributed by atoms with Crippen LogP contribution in [0.25, 0.3) is 11.1 Å². The molecule has 2 heterocycles. The standard InChI is InChI=1S/C31H33F2NO3/c1-3-21-4-9-29-28(14-21)20(2)30(24-15-25(33)17-26(35)16-24)31(37-29)23-5-7-27(8-6-23)36-13-12-34-11-10-22(18-32)19-34/h4-9,14-17,22,31,35H,3,10-13,18-19H2,1-2H3/t22-,31?/m0/s1. The quantitative estimate of drug-likeness (QED) is 0.364. The van der Waals surface area contributed by atoms with E-state index in [9.17, 15) is 13.9 Å². The van der Waals surface area contributed by atoms with Gasteiger partial charge in [0.1, 0.15) is 35.8 Å². The van der Waals surface area contributed by atoms with Gasteiger partial charge in [-0.2, -0.15) is 0 Å². The monoisotopic (exact) mass is 505 g/mol. The van der Waals surface area contributed by atoms with Crippen LogP contribution in [-0.2, 0) is 6.42 Å². The Hall–Kier alpha value is -3.38. The van der Waals surface area contributed by atoms with Gasteiger partial charge in [0.05, 0.1) is 6.67 Å². The minimum absolute atomic E-state index is 0.123. The summed E-state index contributed by atoms with van der Waals surface area (Å²) in [5.74, 6) is 1.06. The Morgan fingerprint density at radius 3 is 2.59 bits per heavy atom. The summed E-state index contributed by atoms with van der Waals surface area (Å²) in [6.45, 7) is 6.90. The van der Waals surface area contributed by atoms with Crippen LogP contribution >= 0.6 is 0 Å². The fourth-order valence-electron chi connectivity index (χ4n) is 5.33. The van der Waals surface area contributed by atoms with Crippen molar-refractivity contribution in [2.75, 3.05) is 32.9 Å². The first kappa shape index (κ1) is 25.3. The fourth-order valence-corrected chi connectivity index (χ4v) is 5.33. The molecule has 1 N–H and O–H groups in total. The van der Waals surface area contributed by atoms with Gasteiger partial charge in [-0.1, -0.05) is 25.1 Å². The maximum Gasteiger partial charge on any atom is 0.150 e. The summed E-state index contributed by atoms with van der Waals surface area (Å²) >= 11 is 0. The number of rotatable bonds is 8. The van der Waals surface area contributed by atoms with Gasteiger partial charge in [-0.15, -0.1) is 0 Å². The predicted molar refractivity (Wildman–Crippen MR) is 142 cm³/mol. The molecule has 4 nitrogen and oxygen atoms in total. The molecule has 2 aliphatic rings. The molecule has 3 aromatic carbocycles. The highest BCUT2D eigenvalue weighted by molar-refractivity contribution is 5.95. The lowest BCUT2D eigenvalue weighted by atomic mass is 9.85. The minimum Gasteiger partial charge on any atom is -0.508 e. The Kier molecular flexibility index (Phi) is 7.47. The molecule has 0 saturated carbocycles. The van der Waals surface area contributed by atoms with Crippen molar-refractivity contribution in [3.8, 4) is 17.2 Å². The lowest BCUT2D eigenvalue weighted by Gasteiger charge is -2.31. The highest BCUT2D eigenvalue weighted by atomic mass is 19.1. The normalized spacial score (nSPS) is 19.6. The molecule has 3 aromatic rings. The number of ether oxygens (including phenoxy) is 2. The molecular weight excluding hydrogens is 472 g/mol. The Morgan fingerprint density at radius 1 is 1.08 bits per heavy atom. The van der Waals surface area contributed by atoms with Crippen LogP contribution in [0.5, 0.6) is 17.2 Å². The summed E-state index contributed by atoms with van der Waals surface area (Å²) in [6.07, 6.45) is 1.33. The van der Waals surface area contributed by atoms with Gasteiger partial charge in [0.2, 0.25) is 0 Å². The van der Waals surface area contributed by atoms with Gasteiger partial charge in [0.25, 0.3) is 0 Å². The molecule has 1 unspecified atom stereocenters. The third-order valence-electron chi connectivity index (χ3n) is 7.41. The second-order valence-electron chi connectivity index (χ2n) is 9.95. The van der Waals surface area contributed by atoms with Crippen molar-refractivity contribution in [2.24, 2.45) is 5.92 Å². The summed E-state index contributed by atoms with van der Waals surface area (Å²) in [4.78, 5) is 2.24. The molecule has 0 amide bonds. The number of likely N-dealkylation sites (tertiary alicyclic amines) is 1. The van der Waals surface area contributed by atoms with Crippen LogP contribution in [0, 0.1) is 11.7 Å². The van der Waals surface area contributed by atoms with Gasteiger partial charge in [0, 0.05) is 36.2 Å². The summed E-state index contributed by atoms with van der Waals surface area (Å²) < 4.78 is 39.6. The molecule has 0 spiro atoms. The third kappa shape index (κ3) is 5.49. The number of aromatic hydroxyl groups is 1. The van der Waals surface area contributed by atoms with Crippen LogP contribution in [-0.4, -0.2) is 42.9 Å². The van der Waals surface area contributed by atoms with E-state index in [1.807, 2.05) is 37.3 Å². The number of phenolic OH excluding ortho intramolecular Hbond substituents is 1. The molecule has 0 bridgehead atoms. The number of hydrogen-bond acceptors (Lipinski definition) is 4. The average Bonchev–Trinajstić information content (AvgIpc) is 3.36. The van der Waals surface area contributed by atoms with Crippen LogP contribution in [0.4, 0.5) is 8.78 Å². The number of allylic oxidation sites excluding steroid dienone is 1. The molecule has 2 atom stereocenters. The van der Waals surface area contributed by atoms with Crippen molar-refractivity contribution in [3.63, 3.8) is 0 Å². The van der Waals surface area contributed by atoms with E-state index in [1.54, 1.807) is 6.07 Å². The van der Waals surface area contributed by atoms with E-state index in [-0.39, 0.29) is 18.3 Å². The van der Waals surface area contributed by atoms with Crippen molar-refractivity contribution < 1.29 is 23.4 Å². The molecule has 2 aliphatic heterocycles. The number of aryl methyl sites for hydroxylation is 1. The molecule has 194 valence electrons. The molecule has 37 heavy (non-hydrogen) atoms. The molecule has 0 radical (unpaired) electrons. The third-order valence-corrected chi connectivity index (χ3v) is 7.41. The molecule has 0 aliphatic carbocycles. The topological polar surface area (TPSA) is 41.9 Å². The first-order chi connectivity index (χ1) is 17.9. The molecular formula is C31H33F2NO3. The van der Waals surface area contributed by atoms with Gasteiger partial charge in [-0.05, 0) is 85.0 Å². The Bertz CT molecular complexity index is 1270. The van der Waals surface area contributed by atoms with E-state index < -0.39 is 11.9 Å². The van der Waals surface area contributed by atoms with Crippen molar-refractivity contribution in [2.45, 2.75) is 32.8 Å². The molecule has 0 aromatic heterocycles. The first-order valence-electron chi connectivity index (χ1n) is 13.0. The van der Waals surface area contributed by atoms with Crippen LogP contribution in [0.2, 0.25) is 0 Å². The maximum atomic E-state index is 14.3. The van der Waals surface area contributed by atoms with Crippen LogP contribution in [0.15, 0.2) is 60.7 Å². The molecule has 1 fully saturated rings. The smallest absolute Gasteiger partial charge is 0.150 e. The number of hydrogen-bond donors (Lipinski definition) is 1. The van der Waals surface area contributed by atoms with Gasteiger partial charge in [0.15, 0.2) is 0 Å². The second-order valence-corrected chi connectivity index (χ2v) is 9.95. The highest BCUT2D eigenvalue weighted by Gasteiger charge is 2.30. The van der Waals surface area contributed by atoms with Crippen molar-refractivity contribution in [1.82, 2.24) is 4.90 Å². The zero-order valence-electron chi connectivity index (χ0n) is 21.3. The average molecular weight is 506 g/mol. The number of alkyl halides is 1. The van der Waals surface area contributed by atoms with E-state index in [4.69, 9.17) is 9.47 Å². The van der Waals surface area contributed by atoms with Crippen molar-refractivity contribution >= 4 is 11.1 Å². The van der Waals surface area contributed by atoms with Gasteiger partial charge in [-0.25, -0.2) is 4.39 Å². The van der Waals surface area contributed by atoms with Crippen LogP contribution in [0.1, 0.15) is 48.6 Å². The number of nitrogens with zero attached hydrogens (tertiary/aromatic N) is 1. The predicted octanol–water partition coefficient (Wildman–Crippen LogP) is 6.83. The summed E-state index contributed by atoms with van der Waals surface area (Å²) in [6, 6.07) is 18.1. The maximum absolute atomic E-state index is 14.3. The van der Waals surface area contributed by atoms with E-state index in [0.29, 0.717) is 12.2 Å². The van der Waals surface area contributed by atoms with E-state index >= 15 is 0 Å². The largest absolute Gasteiger partial charge is 0.508 e. The van der Waals surface area contributed by atoms with E-state index in [1.165, 1.54) is 11.6 Å². The second kappa shape index (κ2) is 10.9. The highest BCUT2D eigenvalue weighted by Crippen LogP contribution is 2.47. The number of halogens is 2. The number of fused-ring (bicyclic) bond motifs is 1. The van der Waals surface area contributed by atoms with Gasteiger partial charge >= 0.3 is 0 Å². The molecule has 5 rings (SSSR count). The Labute approximate surface area is 217 Å². The zero-order valence-corrected chi connectivity index (χ0v) is 21.3. The molecule has 1 saturated heterocycles. The summed E-state index contributed by atoms with van der Waals surface area (Å²) in [5.41, 5.74) is 5.47. The SMILES string of the molecule is CCc1ccc2c(c1)C(C)=C(c1cc(O)cc(F)c1)C(c1ccc(OCCN3CC[C@@H](CF)C3)cc1)O2. The first-order valence-corrected chi connectivity index (χ1v) is 13.0.